The first-order valence-electron chi connectivity index (χ1n) is 7.75. The highest BCUT2D eigenvalue weighted by Gasteiger charge is 2.31. The van der Waals surface area contributed by atoms with Gasteiger partial charge < -0.3 is 5.32 Å². The third kappa shape index (κ3) is 3.46. The molecule has 0 saturated heterocycles. The maximum Gasteiger partial charge on any atom is 0.244 e. The number of aromatic nitrogens is 2. The molecule has 2 aliphatic rings. The average Bonchev–Trinajstić information content (AvgIpc) is 3.04. The number of hydrogen-bond acceptors (Lipinski definition) is 4. The second-order valence-corrected chi connectivity index (χ2v) is 8.17. The van der Waals surface area contributed by atoms with Crippen LogP contribution in [-0.4, -0.2) is 30.7 Å². The fraction of sp³-hybridized carbons (Fsp3) is 0.786. The molecule has 0 spiro atoms. The SMILES string of the molecule is Cc1[nH]nc(CNC2CC2)c1S(=O)(=O)NC1CCC(C)C1. The minimum absolute atomic E-state index is 0.0588. The van der Waals surface area contributed by atoms with Gasteiger partial charge in [0.1, 0.15) is 4.90 Å². The van der Waals surface area contributed by atoms with Crippen molar-refractivity contribution < 1.29 is 8.42 Å². The Morgan fingerprint density at radius 1 is 1.24 bits per heavy atom. The van der Waals surface area contributed by atoms with Crippen LogP contribution in [0.15, 0.2) is 4.90 Å². The summed E-state index contributed by atoms with van der Waals surface area (Å²) in [5.74, 6) is 0.596. The van der Waals surface area contributed by atoms with Crippen molar-refractivity contribution in [3.63, 3.8) is 0 Å². The van der Waals surface area contributed by atoms with Gasteiger partial charge in [-0.3, -0.25) is 5.10 Å². The molecule has 0 aliphatic heterocycles. The predicted octanol–water partition coefficient (Wildman–Crippen LogP) is 1.44. The van der Waals surface area contributed by atoms with E-state index < -0.39 is 10.0 Å². The molecule has 2 fully saturated rings. The molecule has 3 rings (SSSR count). The lowest BCUT2D eigenvalue weighted by atomic mass is 10.1. The molecule has 1 aromatic heterocycles. The number of aromatic amines is 1. The van der Waals surface area contributed by atoms with Crippen LogP contribution in [0.5, 0.6) is 0 Å². The lowest BCUT2D eigenvalue weighted by Crippen LogP contribution is -2.34. The van der Waals surface area contributed by atoms with Crippen LogP contribution in [0.1, 0.15) is 50.4 Å². The van der Waals surface area contributed by atoms with Crippen LogP contribution < -0.4 is 10.0 Å². The second-order valence-electron chi connectivity index (χ2n) is 6.52. The summed E-state index contributed by atoms with van der Waals surface area (Å²) in [5, 5.41) is 10.3. The van der Waals surface area contributed by atoms with E-state index in [4.69, 9.17) is 0 Å². The third-order valence-electron chi connectivity index (χ3n) is 4.38. The van der Waals surface area contributed by atoms with Gasteiger partial charge in [-0.15, -0.1) is 0 Å². The van der Waals surface area contributed by atoms with Crippen LogP contribution in [0.2, 0.25) is 0 Å². The Balaban J connectivity index is 1.75. The Labute approximate surface area is 126 Å². The number of nitrogens with zero attached hydrogens (tertiary/aromatic N) is 1. The molecular formula is C14H24N4O2S. The van der Waals surface area contributed by atoms with Crippen LogP contribution in [0.3, 0.4) is 0 Å². The zero-order valence-corrected chi connectivity index (χ0v) is 13.5. The normalized spacial score (nSPS) is 26.4. The van der Waals surface area contributed by atoms with Crippen molar-refractivity contribution in [2.45, 2.75) is 69.5 Å². The van der Waals surface area contributed by atoms with Crippen molar-refractivity contribution in [2.24, 2.45) is 5.92 Å². The van der Waals surface area contributed by atoms with Gasteiger partial charge in [0, 0.05) is 18.6 Å². The van der Waals surface area contributed by atoms with E-state index in [-0.39, 0.29) is 6.04 Å². The van der Waals surface area contributed by atoms with Gasteiger partial charge in [-0.05, 0) is 44.9 Å². The van der Waals surface area contributed by atoms with Crippen molar-refractivity contribution in [3.8, 4) is 0 Å². The van der Waals surface area contributed by atoms with Crippen LogP contribution in [0, 0.1) is 12.8 Å². The van der Waals surface area contributed by atoms with E-state index in [0.717, 1.165) is 19.3 Å². The molecule has 2 aliphatic carbocycles. The third-order valence-corrected chi connectivity index (χ3v) is 6.11. The van der Waals surface area contributed by atoms with E-state index in [1.807, 2.05) is 0 Å². The van der Waals surface area contributed by atoms with Gasteiger partial charge in [0.25, 0.3) is 0 Å². The summed E-state index contributed by atoms with van der Waals surface area (Å²) in [7, 11) is -3.50. The fourth-order valence-corrected chi connectivity index (χ4v) is 4.71. The fourth-order valence-electron chi connectivity index (χ4n) is 3.07. The van der Waals surface area contributed by atoms with Crippen molar-refractivity contribution in [1.82, 2.24) is 20.2 Å². The van der Waals surface area contributed by atoms with Gasteiger partial charge in [-0.2, -0.15) is 5.10 Å². The maximum absolute atomic E-state index is 12.7. The molecule has 1 aromatic rings. The van der Waals surface area contributed by atoms with Gasteiger partial charge in [0.05, 0.1) is 11.4 Å². The first-order valence-corrected chi connectivity index (χ1v) is 9.23. The van der Waals surface area contributed by atoms with Gasteiger partial charge >= 0.3 is 0 Å². The summed E-state index contributed by atoms with van der Waals surface area (Å²) in [6.45, 7) is 4.44. The molecule has 6 nitrogen and oxygen atoms in total. The Bertz CT molecular complexity index is 606. The Morgan fingerprint density at radius 2 is 1.95 bits per heavy atom. The van der Waals surface area contributed by atoms with Gasteiger partial charge in [-0.1, -0.05) is 6.92 Å². The van der Waals surface area contributed by atoms with Crippen LogP contribution in [0.25, 0.3) is 0 Å². The molecule has 2 atom stereocenters. The summed E-state index contributed by atoms with van der Waals surface area (Å²) < 4.78 is 28.2. The number of hydrogen-bond donors (Lipinski definition) is 3. The van der Waals surface area contributed by atoms with Crippen LogP contribution in [-0.2, 0) is 16.6 Å². The van der Waals surface area contributed by atoms with Crippen molar-refractivity contribution in [3.05, 3.63) is 11.4 Å². The zero-order valence-electron chi connectivity index (χ0n) is 12.6. The van der Waals surface area contributed by atoms with E-state index in [2.05, 4.69) is 27.2 Å². The van der Waals surface area contributed by atoms with E-state index in [0.29, 0.717) is 34.8 Å². The highest BCUT2D eigenvalue weighted by atomic mass is 32.2. The molecule has 21 heavy (non-hydrogen) atoms. The molecular weight excluding hydrogens is 288 g/mol. The average molecular weight is 312 g/mol. The molecule has 2 unspecified atom stereocenters. The molecule has 118 valence electrons. The molecule has 0 radical (unpaired) electrons. The maximum atomic E-state index is 12.7. The van der Waals surface area contributed by atoms with Crippen LogP contribution >= 0.6 is 0 Å². The summed E-state index contributed by atoms with van der Waals surface area (Å²) in [4.78, 5) is 0.329. The Morgan fingerprint density at radius 3 is 2.57 bits per heavy atom. The molecule has 2 saturated carbocycles. The number of rotatable bonds is 6. The first kappa shape index (κ1) is 15.0. The quantitative estimate of drug-likeness (QED) is 0.742. The van der Waals surface area contributed by atoms with Gasteiger partial charge in [-0.25, -0.2) is 13.1 Å². The van der Waals surface area contributed by atoms with Crippen molar-refractivity contribution >= 4 is 10.0 Å². The van der Waals surface area contributed by atoms with E-state index >= 15 is 0 Å². The molecule has 0 amide bonds. The number of aryl methyl sites for hydroxylation is 1. The van der Waals surface area contributed by atoms with E-state index in [1.54, 1.807) is 6.92 Å². The van der Waals surface area contributed by atoms with Gasteiger partial charge in [0.15, 0.2) is 0 Å². The topological polar surface area (TPSA) is 86.9 Å². The smallest absolute Gasteiger partial charge is 0.244 e. The lowest BCUT2D eigenvalue weighted by Gasteiger charge is -2.14. The summed E-state index contributed by atoms with van der Waals surface area (Å²) in [6, 6.07) is 0.588. The molecule has 1 heterocycles. The summed E-state index contributed by atoms with van der Waals surface area (Å²) >= 11 is 0. The van der Waals surface area contributed by atoms with Crippen molar-refractivity contribution in [2.75, 3.05) is 0 Å². The Kier molecular flexibility index (Phi) is 4.07. The summed E-state index contributed by atoms with van der Waals surface area (Å²) in [5.41, 5.74) is 1.21. The number of sulfonamides is 1. The monoisotopic (exact) mass is 312 g/mol. The van der Waals surface area contributed by atoms with Crippen LogP contribution in [0.4, 0.5) is 0 Å². The molecule has 0 bridgehead atoms. The minimum Gasteiger partial charge on any atom is -0.308 e. The zero-order chi connectivity index (χ0) is 15.0. The lowest BCUT2D eigenvalue weighted by molar-refractivity contribution is 0.536. The van der Waals surface area contributed by atoms with Gasteiger partial charge in [0.2, 0.25) is 10.0 Å². The predicted molar refractivity (Wildman–Crippen MR) is 80.3 cm³/mol. The number of nitrogens with one attached hydrogen (secondary N) is 3. The second kappa shape index (κ2) is 5.70. The highest BCUT2D eigenvalue weighted by molar-refractivity contribution is 7.89. The molecule has 7 heteroatoms. The van der Waals surface area contributed by atoms with Crippen molar-refractivity contribution in [1.29, 1.82) is 0 Å². The molecule has 0 aromatic carbocycles. The summed E-state index contributed by atoms with van der Waals surface area (Å²) in [6.07, 6.45) is 5.28. The number of H-pyrrole nitrogens is 1. The largest absolute Gasteiger partial charge is 0.308 e. The Hall–Kier alpha value is -0.920. The first-order chi connectivity index (χ1) is 9.95. The minimum atomic E-state index is -3.50. The van der Waals surface area contributed by atoms with E-state index in [1.165, 1.54) is 12.8 Å². The molecule has 3 N–H and O–H groups in total. The highest BCUT2D eigenvalue weighted by Crippen LogP contribution is 2.27. The standard InChI is InChI=1S/C14H24N4O2S/c1-9-3-4-12(7-9)18-21(19,20)14-10(2)16-17-13(14)8-15-11-5-6-11/h9,11-12,15,18H,3-8H2,1-2H3,(H,16,17). The van der Waals surface area contributed by atoms with E-state index in [9.17, 15) is 8.42 Å².